The van der Waals surface area contributed by atoms with E-state index in [2.05, 4.69) is 18.3 Å². The van der Waals surface area contributed by atoms with E-state index < -0.39 is 0 Å². The monoisotopic (exact) mass is 302 g/mol. The number of hydrogen-bond acceptors (Lipinski definition) is 3. The van der Waals surface area contributed by atoms with Gasteiger partial charge in [0.25, 0.3) is 5.91 Å². The van der Waals surface area contributed by atoms with Gasteiger partial charge in [0.2, 0.25) is 0 Å². The minimum atomic E-state index is -0.231. The summed E-state index contributed by atoms with van der Waals surface area (Å²) in [5, 5.41) is 4.39. The first-order chi connectivity index (χ1) is 10.1. The molecule has 1 aromatic heterocycles. The van der Waals surface area contributed by atoms with Crippen molar-refractivity contribution in [3.05, 3.63) is 35.2 Å². The summed E-state index contributed by atoms with van der Waals surface area (Å²) in [6.45, 7) is 2.72. The summed E-state index contributed by atoms with van der Waals surface area (Å²) < 4.78 is 1.15. The molecule has 4 heteroatoms. The zero-order valence-electron chi connectivity index (χ0n) is 12.4. The molecule has 0 aliphatic heterocycles. The molecule has 2 unspecified atom stereocenters. The lowest BCUT2D eigenvalue weighted by molar-refractivity contribution is 0.0817. The largest absolute Gasteiger partial charge is 0.344 e. The molecule has 1 aliphatic rings. The second kappa shape index (κ2) is 5.78. The highest BCUT2D eigenvalue weighted by atomic mass is 32.1. The molecule has 0 spiro atoms. The second-order valence-corrected chi connectivity index (χ2v) is 7.19. The maximum absolute atomic E-state index is 12.6. The van der Waals surface area contributed by atoms with Crippen LogP contribution in [0.25, 0.3) is 10.1 Å². The van der Waals surface area contributed by atoms with E-state index in [9.17, 15) is 4.79 Å². The maximum atomic E-state index is 12.6. The number of rotatable bonds is 3. The summed E-state index contributed by atoms with van der Waals surface area (Å²) in [6, 6.07) is 10.1. The van der Waals surface area contributed by atoms with E-state index in [1.54, 1.807) is 11.3 Å². The van der Waals surface area contributed by atoms with Crippen LogP contribution in [0.1, 0.15) is 42.3 Å². The molecule has 3 nitrogen and oxygen atoms in total. The van der Waals surface area contributed by atoms with Crippen LogP contribution in [0.5, 0.6) is 0 Å². The summed E-state index contributed by atoms with van der Waals surface area (Å²) in [5.41, 5.74) is 5.79. The van der Waals surface area contributed by atoms with E-state index in [1.165, 1.54) is 6.42 Å². The van der Waals surface area contributed by atoms with E-state index in [4.69, 9.17) is 5.73 Å². The predicted molar refractivity (Wildman–Crippen MR) is 88.7 cm³/mol. The van der Waals surface area contributed by atoms with Gasteiger partial charge in [-0.1, -0.05) is 38.0 Å². The smallest absolute Gasteiger partial charge is 0.261 e. The third-order valence-electron chi connectivity index (χ3n) is 4.83. The maximum Gasteiger partial charge on any atom is 0.261 e. The van der Waals surface area contributed by atoms with Gasteiger partial charge in [0.15, 0.2) is 0 Å². The van der Waals surface area contributed by atoms with Gasteiger partial charge in [0.1, 0.15) is 0 Å². The van der Waals surface area contributed by atoms with Gasteiger partial charge in [0.05, 0.1) is 10.4 Å². The van der Waals surface area contributed by atoms with Crippen LogP contribution in [0.2, 0.25) is 0 Å². The van der Waals surface area contributed by atoms with Gasteiger partial charge in [-0.3, -0.25) is 4.79 Å². The molecule has 1 aliphatic carbocycles. The number of nitrogens with one attached hydrogen (secondary N) is 1. The van der Waals surface area contributed by atoms with Crippen LogP contribution in [-0.4, -0.2) is 18.0 Å². The van der Waals surface area contributed by atoms with Crippen LogP contribution in [-0.2, 0) is 0 Å². The normalized spacial score (nSPS) is 25.9. The van der Waals surface area contributed by atoms with Crippen molar-refractivity contribution in [2.24, 2.45) is 11.7 Å². The fourth-order valence-corrected chi connectivity index (χ4v) is 4.29. The van der Waals surface area contributed by atoms with E-state index in [-0.39, 0.29) is 11.4 Å². The van der Waals surface area contributed by atoms with Gasteiger partial charge in [-0.05, 0) is 36.3 Å². The van der Waals surface area contributed by atoms with Crippen molar-refractivity contribution in [1.29, 1.82) is 0 Å². The van der Waals surface area contributed by atoms with E-state index >= 15 is 0 Å². The molecular formula is C17H22N2OS. The van der Waals surface area contributed by atoms with Crippen LogP contribution in [0.3, 0.4) is 0 Å². The first-order valence-corrected chi connectivity index (χ1v) is 8.47. The lowest BCUT2D eigenvalue weighted by Crippen LogP contribution is -2.59. The lowest BCUT2D eigenvalue weighted by Gasteiger charge is -2.42. The SMILES string of the molecule is CC1CCCCC1(CN)NC(=O)c1cc2ccccc2s1. The summed E-state index contributed by atoms with van der Waals surface area (Å²) in [7, 11) is 0. The Kier molecular flexibility index (Phi) is 4.00. The molecule has 112 valence electrons. The quantitative estimate of drug-likeness (QED) is 0.911. The molecule has 1 amide bonds. The van der Waals surface area contributed by atoms with Crippen molar-refractivity contribution in [3.63, 3.8) is 0 Å². The second-order valence-electron chi connectivity index (χ2n) is 6.11. The summed E-state index contributed by atoms with van der Waals surface area (Å²) >= 11 is 1.55. The molecule has 1 saturated carbocycles. The molecule has 2 atom stereocenters. The molecule has 2 aromatic rings. The van der Waals surface area contributed by atoms with Crippen molar-refractivity contribution in [2.45, 2.75) is 38.1 Å². The van der Waals surface area contributed by atoms with E-state index in [0.29, 0.717) is 12.5 Å². The summed E-state index contributed by atoms with van der Waals surface area (Å²) in [4.78, 5) is 13.4. The Balaban J connectivity index is 1.84. The third-order valence-corrected chi connectivity index (χ3v) is 5.94. The molecule has 0 radical (unpaired) electrons. The highest BCUT2D eigenvalue weighted by Gasteiger charge is 2.38. The third kappa shape index (κ3) is 2.70. The van der Waals surface area contributed by atoms with Crippen molar-refractivity contribution in [2.75, 3.05) is 6.54 Å². The van der Waals surface area contributed by atoms with Crippen LogP contribution in [0.15, 0.2) is 30.3 Å². The molecule has 1 fully saturated rings. The van der Waals surface area contributed by atoms with E-state index in [0.717, 1.165) is 34.2 Å². The first kappa shape index (κ1) is 14.5. The Morgan fingerprint density at radius 3 is 2.95 bits per heavy atom. The molecule has 1 aromatic carbocycles. The Morgan fingerprint density at radius 1 is 1.43 bits per heavy atom. The Labute approximate surface area is 129 Å². The van der Waals surface area contributed by atoms with Crippen LogP contribution >= 0.6 is 11.3 Å². The minimum absolute atomic E-state index is 0.0235. The van der Waals surface area contributed by atoms with Crippen molar-refractivity contribution >= 4 is 27.3 Å². The molecule has 21 heavy (non-hydrogen) atoms. The number of nitrogens with two attached hydrogens (primary N) is 1. The number of hydrogen-bond donors (Lipinski definition) is 2. The number of thiophene rings is 1. The fourth-order valence-electron chi connectivity index (χ4n) is 3.34. The first-order valence-electron chi connectivity index (χ1n) is 7.66. The van der Waals surface area contributed by atoms with Gasteiger partial charge >= 0.3 is 0 Å². The molecule has 3 N–H and O–H groups in total. The van der Waals surface area contributed by atoms with Crippen LogP contribution < -0.4 is 11.1 Å². The van der Waals surface area contributed by atoms with Gasteiger partial charge in [-0.25, -0.2) is 0 Å². The predicted octanol–water partition coefficient (Wildman–Crippen LogP) is 3.54. The zero-order chi connectivity index (χ0) is 14.9. The fraction of sp³-hybridized carbons (Fsp3) is 0.471. The Bertz CT molecular complexity index is 618. The Morgan fingerprint density at radius 2 is 2.24 bits per heavy atom. The molecular weight excluding hydrogens is 280 g/mol. The average molecular weight is 302 g/mol. The molecule has 0 bridgehead atoms. The minimum Gasteiger partial charge on any atom is -0.344 e. The zero-order valence-corrected chi connectivity index (χ0v) is 13.2. The van der Waals surface area contributed by atoms with E-state index in [1.807, 2.05) is 24.3 Å². The highest BCUT2D eigenvalue weighted by molar-refractivity contribution is 7.20. The van der Waals surface area contributed by atoms with Gasteiger partial charge in [-0.15, -0.1) is 11.3 Å². The standard InChI is InChI=1S/C17H22N2OS/c1-12-6-4-5-9-17(12,11-18)19-16(20)15-10-13-7-2-3-8-14(13)21-15/h2-3,7-8,10,12H,4-6,9,11,18H2,1H3,(H,19,20). The molecule has 1 heterocycles. The average Bonchev–Trinajstić information content (AvgIpc) is 2.94. The van der Waals surface area contributed by atoms with Gasteiger partial charge in [0, 0.05) is 11.2 Å². The number of carbonyl (C=O) groups excluding carboxylic acids is 1. The van der Waals surface area contributed by atoms with Crippen LogP contribution in [0, 0.1) is 5.92 Å². The summed E-state index contributed by atoms with van der Waals surface area (Å²) in [5.74, 6) is 0.463. The van der Waals surface area contributed by atoms with Crippen LogP contribution in [0.4, 0.5) is 0 Å². The lowest BCUT2D eigenvalue weighted by atomic mass is 9.73. The number of benzene rings is 1. The van der Waals surface area contributed by atoms with Gasteiger partial charge in [-0.2, -0.15) is 0 Å². The topological polar surface area (TPSA) is 55.1 Å². The van der Waals surface area contributed by atoms with Crippen molar-refractivity contribution in [1.82, 2.24) is 5.32 Å². The Hall–Kier alpha value is -1.39. The molecule has 0 saturated heterocycles. The van der Waals surface area contributed by atoms with Crippen molar-refractivity contribution in [3.8, 4) is 0 Å². The highest BCUT2D eigenvalue weighted by Crippen LogP contribution is 2.34. The number of carbonyl (C=O) groups is 1. The number of fused-ring (bicyclic) bond motifs is 1. The molecule has 3 rings (SSSR count). The number of amides is 1. The van der Waals surface area contributed by atoms with Crippen molar-refractivity contribution < 1.29 is 4.79 Å². The van der Waals surface area contributed by atoms with Gasteiger partial charge < -0.3 is 11.1 Å². The summed E-state index contributed by atoms with van der Waals surface area (Å²) in [6.07, 6.45) is 4.51.